The highest BCUT2D eigenvalue weighted by Gasteiger charge is 2.10. The number of phenolic OH excluding ortho intramolecular Hbond substituents is 1. The number of halogens is 2. The first-order valence-corrected chi connectivity index (χ1v) is 5.43. The SMILES string of the molecule is Cc1cc(C)c(O)c(C(Br)Br)c1. The molecule has 1 aromatic rings. The molecule has 0 saturated heterocycles. The second kappa shape index (κ2) is 3.79. The van der Waals surface area contributed by atoms with Gasteiger partial charge in [-0.3, -0.25) is 0 Å². The van der Waals surface area contributed by atoms with Gasteiger partial charge in [-0.1, -0.05) is 49.6 Å². The summed E-state index contributed by atoms with van der Waals surface area (Å²) in [5.41, 5.74) is 2.95. The maximum absolute atomic E-state index is 9.63. The lowest BCUT2D eigenvalue weighted by molar-refractivity contribution is 0.466. The third kappa shape index (κ3) is 2.02. The molecule has 0 unspecified atom stereocenters. The highest BCUT2D eigenvalue weighted by Crippen LogP contribution is 2.37. The minimum atomic E-state index is 0.0172. The summed E-state index contributed by atoms with van der Waals surface area (Å²) < 4.78 is 0.0172. The lowest BCUT2D eigenvalue weighted by Crippen LogP contribution is -1.87. The number of benzene rings is 1. The number of alkyl halides is 2. The summed E-state index contributed by atoms with van der Waals surface area (Å²) in [6.45, 7) is 3.91. The van der Waals surface area contributed by atoms with Crippen molar-refractivity contribution >= 4 is 31.9 Å². The molecular weight excluding hydrogens is 284 g/mol. The van der Waals surface area contributed by atoms with E-state index in [1.807, 2.05) is 26.0 Å². The summed E-state index contributed by atoms with van der Waals surface area (Å²) in [6.07, 6.45) is 0. The molecule has 0 bridgehead atoms. The van der Waals surface area contributed by atoms with Crippen LogP contribution in [0.2, 0.25) is 0 Å². The van der Waals surface area contributed by atoms with Crippen LogP contribution in [0, 0.1) is 13.8 Å². The van der Waals surface area contributed by atoms with E-state index in [2.05, 4.69) is 31.9 Å². The van der Waals surface area contributed by atoms with Crippen LogP contribution in [0.3, 0.4) is 0 Å². The third-order valence-corrected chi connectivity index (χ3v) is 2.70. The lowest BCUT2D eigenvalue weighted by atomic mass is 10.1. The van der Waals surface area contributed by atoms with Gasteiger partial charge in [-0.15, -0.1) is 0 Å². The highest BCUT2D eigenvalue weighted by molar-refractivity contribution is 9.24. The standard InChI is InChI=1S/C9H10Br2O/c1-5-3-6(2)8(12)7(4-5)9(10)11/h3-4,9,12H,1-2H3. The van der Waals surface area contributed by atoms with Crippen LogP contribution in [0.1, 0.15) is 20.4 Å². The predicted octanol–water partition coefficient (Wildman–Crippen LogP) is 3.80. The van der Waals surface area contributed by atoms with E-state index in [1.54, 1.807) is 0 Å². The molecule has 0 aromatic heterocycles. The zero-order valence-corrected chi connectivity index (χ0v) is 10.1. The van der Waals surface area contributed by atoms with Gasteiger partial charge in [0.05, 0.1) is 3.74 Å². The zero-order chi connectivity index (χ0) is 9.30. The first-order valence-electron chi connectivity index (χ1n) is 3.60. The first kappa shape index (κ1) is 10.1. The van der Waals surface area contributed by atoms with E-state index in [0.717, 1.165) is 16.7 Å². The van der Waals surface area contributed by atoms with Gasteiger partial charge in [0, 0.05) is 5.56 Å². The van der Waals surface area contributed by atoms with Gasteiger partial charge in [0.25, 0.3) is 0 Å². The minimum absolute atomic E-state index is 0.0172. The van der Waals surface area contributed by atoms with Crippen molar-refractivity contribution in [3.05, 3.63) is 28.8 Å². The maximum atomic E-state index is 9.63. The monoisotopic (exact) mass is 292 g/mol. The molecule has 0 saturated carbocycles. The average molecular weight is 294 g/mol. The Kier molecular flexibility index (Phi) is 3.18. The Labute approximate surface area is 89.1 Å². The van der Waals surface area contributed by atoms with Crippen LogP contribution in [0.5, 0.6) is 5.75 Å². The van der Waals surface area contributed by atoms with Gasteiger partial charge in [0.2, 0.25) is 0 Å². The molecule has 66 valence electrons. The second-order valence-corrected chi connectivity index (χ2v) is 5.88. The fraction of sp³-hybridized carbons (Fsp3) is 0.333. The van der Waals surface area contributed by atoms with E-state index in [-0.39, 0.29) is 3.74 Å². The van der Waals surface area contributed by atoms with Crippen LogP contribution in [-0.2, 0) is 0 Å². The van der Waals surface area contributed by atoms with E-state index < -0.39 is 0 Å². The summed E-state index contributed by atoms with van der Waals surface area (Å²) >= 11 is 6.72. The quantitative estimate of drug-likeness (QED) is 0.781. The highest BCUT2D eigenvalue weighted by atomic mass is 79.9. The van der Waals surface area contributed by atoms with Crippen molar-refractivity contribution in [2.75, 3.05) is 0 Å². The first-order chi connectivity index (χ1) is 5.52. The van der Waals surface area contributed by atoms with Gasteiger partial charge >= 0.3 is 0 Å². The molecule has 0 aliphatic heterocycles. The number of rotatable bonds is 1. The van der Waals surface area contributed by atoms with Crippen molar-refractivity contribution in [3.63, 3.8) is 0 Å². The van der Waals surface area contributed by atoms with Crippen LogP contribution >= 0.6 is 31.9 Å². The number of aryl methyl sites for hydroxylation is 2. The van der Waals surface area contributed by atoms with E-state index in [4.69, 9.17) is 0 Å². The number of phenols is 1. The molecule has 0 spiro atoms. The fourth-order valence-corrected chi connectivity index (χ4v) is 1.86. The zero-order valence-electron chi connectivity index (χ0n) is 6.94. The number of hydrogen-bond acceptors (Lipinski definition) is 1. The molecule has 1 nitrogen and oxygen atoms in total. The molecule has 3 heteroatoms. The minimum Gasteiger partial charge on any atom is -0.507 e. The smallest absolute Gasteiger partial charge is 0.123 e. The molecule has 0 fully saturated rings. The van der Waals surface area contributed by atoms with Crippen molar-refractivity contribution in [2.45, 2.75) is 17.6 Å². The Morgan fingerprint density at radius 3 is 2.33 bits per heavy atom. The number of hydrogen-bond donors (Lipinski definition) is 1. The summed E-state index contributed by atoms with van der Waals surface area (Å²) in [5, 5.41) is 9.63. The van der Waals surface area contributed by atoms with Crippen molar-refractivity contribution in [2.24, 2.45) is 0 Å². The van der Waals surface area contributed by atoms with Gasteiger partial charge in [-0.2, -0.15) is 0 Å². The van der Waals surface area contributed by atoms with Crippen LogP contribution in [0.15, 0.2) is 12.1 Å². The fourth-order valence-electron chi connectivity index (χ4n) is 1.16. The van der Waals surface area contributed by atoms with E-state index in [1.165, 1.54) is 0 Å². The molecular formula is C9H10Br2O. The van der Waals surface area contributed by atoms with Crippen LogP contribution in [0.25, 0.3) is 0 Å². The Balaban J connectivity index is 3.28. The average Bonchev–Trinajstić information content (AvgIpc) is 1.96. The lowest BCUT2D eigenvalue weighted by Gasteiger charge is -2.09. The second-order valence-electron chi connectivity index (χ2n) is 2.82. The maximum Gasteiger partial charge on any atom is 0.123 e. The molecule has 0 aliphatic rings. The molecule has 1 aromatic carbocycles. The summed E-state index contributed by atoms with van der Waals surface area (Å²) in [6, 6.07) is 3.91. The summed E-state index contributed by atoms with van der Waals surface area (Å²) in [4.78, 5) is 0. The van der Waals surface area contributed by atoms with Crippen molar-refractivity contribution in [1.29, 1.82) is 0 Å². The van der Waals surface area contributed by atoms with Gasteiger partial charge in [0.15, 0.2) is 0 Å². The van der Waals surface area contributed by atoms with Gasteiger partial charge < -0.3 is 5.11 Å². The van der Waals surface area contributed by atoms with Gasteiger partial charge in [-0.25, -0.2) is 0 Å². The van der Waals surface area contributed by atoms with E-state index >= 15 is 0 Å². The molecule has 0 amide bonds. The normalized spacial score (nSPS) is 10.8. The summed E-state index contributed by atoms with van der Waals surface area (Å²) in [5.74, 6) is 0.361. The molecule has 1 rings (SSSR count). The van der Waals surface area contributed by atoms with E-state index in [0.29, 0.717) is 5.75 Å². The van der Waals surface area contributed by atoms with Gasteiger partial charge in [0.1, 0.15) is 5.75 Å². The molecule has 12 heavy (non-hydrogen) atoms. The molecule has 0 atom stereocenters. The van der Waals surface area contributed by atoms with Crippen LogP contribution < -0.4 is 0 Å². The topological polar surface area (TPSA) is 20.2 Å². The van der Waals surface area contributed by atoms with Crippen LogP contribution in [-0.4, -0.2) is 5.11 Å². The Morgan fingerprint density at radius 1 is 1.25 bits per heavy atom. The predicted molar refractivity (Wildman–Crippen MR) is 58.2 cm³/mol. The molecule has 0 heterocycles. The number of aromatic hydroxyl groups is 1. The van der Waals surface area contributed by atoms with Crippen molar-refractivity contribution in [3.8, 4) is 5.75 Å². The van der Waals surface area contributed by atoms with Crippen molar-refractivity contribution in [1.82, 2.24) is 0 Å². The van der Waals surface area contributed by atoms with Crippen molar-refractivity contribution < 1.29 is 5.11 Å². The molecule has 1 N–H and O–H groups in total. The summed E-state index contributed by atoms with van der Waals surface area (Å²) in [7, 11) is 0. The Morgan fingerprint density at radius 2 is 1.83 bits per heavy atom. The molecule has 0 aliphatic carbocycles. The van der Waals surface area contributed by atoms with Gasteiger partial charge in [-0.05, 0) is 19.4 Å². The van der Waals surface area contributed by atoms with E-state index in [9.17, 15) is 5.11 Å². The van der Waals surface area contributed by atoms with Crippen LogP contribution in [0.4, 0.5) is 0 Å². The Hall–Kier alpha value is -0.0200. The third-order valence-electron chi connectivity index (χ3n) is 1.71. The Bertz CT molecular complexity index is 295. The largest absolute Gasteiger partial charge is 0.507 e. The molecule has 0 radical (unpaired) electrons.